The molecule has 18 heavy (non-hydrogen) atoms. The van der Waals surface area contributed by atoms with Gasteiger partial charge in [0.1, 0.15) is 0 Å². The van der Waals surface area contributed by atoms with E-state index in [0.29, 0.717) is 0 Å². The molecule has 0 radical (unpaired) electrons. The predicted molar refractivity (Wildman–Crippen MR) is 85.3 cm³/mol. The number of hydrogen-bond acceptors (Lipinski definition) is 2. The van der Waals surface area contributed by atoms with Gasteiger partial charge in [0.05, 0.1) is 0 Å². The summed E-state index contributed by atoms with van der Waals surface area (Å²) in [5, 5.41) is 0. The van der Waals surface area contributed by atoms with E-state index in [-0.39, 0.29) is 0 Å². The second-order valence-electron chi connectivity index (χ2n) is 5.66. The second-order valence-corrected chi connectivity index (χ2v) is 6.83. The van der Waals surface area contributed by atoms with E-state index < -0.39 is 0 Å². The van der Waals surface area contributed by atoms with Crippen LogP contribution in [0.2, 0.25) is 0 Å². The highest BCUT2D eigenvalue weighted by Gasteiger charge is 2.26. The van der Waals surface area contributed by atoms with Gasteiger partial charge in [-0.05, 0) is 66.0 Å². The van der Waals surface area contributed by atoms with Crippen molar-refractivity contribution >= 4 is 28.3 Å². The molecule has 0 spiro atoms. The summed E-state index contributed by atoms with van der Waals surface area (Å²) in [5.41, 5.74) is 2.78. The van der Waals surface area contributed by atoms with Crippen LogP contribution < -0.4 is 4.90 Å². The minimum atomic E-state index is 1.02. The van der Waals surface area contributed by atoms with Crippen molar-refractivity contribution < 1.29 is 0 Å². The summed E-state index contributed by atoms with van der Waals surface area (Å²) >= 11 is 2.44. The van der Waals surface area contributed by atoms with Crippen molar-refractivity contribution in [2.45, 2.75) is 19.8 Å². The predicted octanol–water partition coefficient (Wildman–Crippen LogP) is 3.13. The van der Waals surface area contributed by atoms with Gasteiger partial charge in [0.25, 0.3) is 0 Å². The molecule has 98 valence electrons. The SMILES string of the molecule is Cc1ccc(N2CCN(CC3CC3)CC2)cc1I. The number of hydrogen-bond donors (Lipinski definition) is 0. The van der Waals surface area contributed by atoms with E-state index in [1.165, 1.54) is 60.4 Å². The molecule has 0 N–H and O–H groups in total. The van der Waals surface area contributed by atoms with E-state index in [2.05, 4.69) is 57.5 Å². The lowest BCUT2D eigenvalue weighted by atomic mass is 10.2. The number of piperazine rings is 1. The quantitative estimate of drug-likeness (QED) is 0.768. The van der Waals surface area contributed by atoms with Gasteiger partial charge >= 0.3 is 0 Å². The Hall–Kier alpha value is -0.290. The van der Waals surface area contributed by atoms with Crippen LogP contribution in [0.3, 0.4) is 0 Å². The van der Waals surface area contributed by atoms with Gasteiger partial charge in [-0.2, -0.15) is 0 Å². The zero-order chi connectivity index (χ0) is 12.5. The first kappa shape index (κ1) is 12.7. The Morgan fingerprint density at radius 1 is 1.17 bits per heavy atom. The molecule has 1 saturated heterocycles. The second kappa shape index (κ2) is 5.37. The Labute approximate surface area is 123 Å². The lowest BCUT2D eigenvalue weighted by Crippen LogP contribution is -2.47. The molecule has 2 aliphatic rings. The maximum Gasteiger partial charge on any atom is 0.0377 e. The molecule has 1 aliphatic carbocycles. The average molecular weight is 356 g/mol. The Kier molecular flexibility index (Phi) is 3.80. The van der Waals surface area contributed by atoms with Gasteiger partial charge in [-0.3, -0.25) is 4.90 Å². The summed E-state index contributed by atoms with van der Waals surface area (Å²) in [6.45, 7) is 8.37. The molecule has 0 aromatic heterocycles. The van der Waals surface area contributed by atoms with Crippen molar-refractivity contribution in [3.05, 3.63) is 27.3 Å². The average Bonchev–Trinajstić information content (AvgIpc) is 3.18. The fourth-order valence-corrected chi connectivity index (χ4v) is 3.13. The Balaban J connectivity index is 1.59. The van der Waals surface area contributed by atoms with Crippen molar-refractivity contribution in [2.75, 3.05) is 37.6 Å². The van der Waals surface area contributed by atoms with Crippen LogP contribution in [0.5, 0.6) is 0 Å². The highest BCUT2D eigenvalue weighted by atomic mass is 127. The summed E-state index contributed by atoms with van der Waals surface area (Å²) in [6, 6.07) is 6.84. The number of anilines is 1. The molecule has 0 amide bonds. The van der Waals surface area contributed by atoms with Crippen LogP contribution in [0.1, 0.15) is 18.4 Å². The zero-order valence-electron chi connectivity index (χ0n) is 11.0. The number of rotatable bonds is 3. The highest BCUT2D eigenvalue weighted by Crippen LogP contribution is 2.30. The third-order valence-electron chi connectivity index (χ3n) is 4.11. The fourth-order valence-electron chi connectivity index (χ4n) is 2.63. The third kappa shape index (κ3) is 2.99. The van der Waals surface area contributed by atoms with Crippen molar-refractivity contribution in [1.29, 1.82) is 0 Å². The Bertz CT molecular complexity index is 421. The molecule has 0 bridgehead atoms. The van der Waals surface area contributed by atoms with Gasteiger partial charge in [0, 0.05) is 42.0 Å². The van der Waals surface area contributed by atoms with Gasteiger partial charge in [-0.25, -0.2) is 0 Å². The van der Waals surface area contributed by atoms with Gasteiger partial charge in [0.2, 0.25) is 0 Å². The maximum atomic E-state index is 2.65. The van der Waals surface area contributed by atoms with Crippen LogP contribution >= 0.6 is 22.6 Å². The molecule has 3 rings (SSSR count). The standard InChI is InChI=1S/C15H21IN2/c1-12-2-5-14(10-15(12)16)18-8-6-17(7-9-18)11-13-3-4-13/h2,5,10,13H,3-4,6-9,11H2,1H3. The summed E-state index contributed by atoms with van der Waals surface area (Å²) in [5.74, 6) is 1.02. The Morgan fingerprint density at radius 2 is 1.89 bits per heavy atom. The van der Waals surface area contributed by atoms with Gasteiger partial charge in [-0.1, -0.05) is 6.07 Å². The van der Waals surface area contributed by atoms with Crippen molar-refractivity contribution in [2.24, 2.45) is 5.92 Å². The largest absolute Gasteiger partial charge is 0.369 e. The normalized spacial score (nSPS) is 21.3. The van der Waals surface area contributed by atoms with Crippen LogP contribution in [0.15, 0.2) is 18.2 Å². The molecule has 2 nitrogen and oxygen atoms in total. The molecule has 1 heterocycles. The van der Waals surface area contributed by atoms with Gasteiger partial charge < -0.3 is 4.90 Å². The smallest absolute Gasteiger partial charge is 0.0377 e. The van der Waals surface area contributed by atoms with Gasteiger partial charge in [-0.15, -0.1) is 0 Å². The molecular formula is C15H21IN2. The minimum Gasteiger partial charge on any atom is -0.369 e. The number of aryl methyl sites for hydroxylation is 1. The van der Waals surface area contributed by atoms with E-state index >= 15 is 0 Å². The number of nitrogens with zero attached hydrogens (tertiary/aromatic N) is 2. The lowest BCUT2D eigenvalue weighted by Gasteiger charge is -2.36. The van der Waals surface area contributed by atoms with Crippen LogP contribution in [0.4, 0.5) is 5.69 Å². The molecule has 0 unspecified atom stereocenters. The van der Waals surface area contributed by atoms with Crippen molar-refractivity contribution in [1.82, 2.24) is 4.90 Å². The summed E-state index contributed by atoms with van der Waals surface area (Å²) in [7, 11) is 0. The minimum absolute atomic E-state index is 1.02. The molecule has 1 aliphatic heterocycles. The fraction of sp³-hybridized carbons (Fsp3) is 0.600. The molecule has 1 saturated carbocycles. The van der Waals surface area contributed by atoms with E-state index in [1.807, 2.05) is 0 Å². The lowest BCUT2D eigenvalue weighted by molar-refractivity contribution is 0.248. The molecule has 3 heteroatoms. The monoisotopic (exact) mass is 356 g/mol. The van der Waals surface area contributed by atoms with Crippen molar-refractivity contribution in [3.8, 4) is 0 Å². The first-order chi connectivity index (χ1) is 8.72. The topological polar surface area (TPSA) is 6.48 Å². The van der Waals surface area contributed by atoms with E-state index in [0.717, 1.165) is 5.92 Å². The van der Waals surface area contributed by atoms with Crippen LogP contribution in [-0.4, -0.2) is 37.6 Å². The summed E-state index contributed by atoms with van der Waals surface area (Å²) < 4.78 is 1.38. The van der Waals surface area contributed by atoms with Crippen molar-refractivity contribution in [3.63, 3.8) is 0 Å². The number of benzene rings is 1. The van der Waals surface area contributed by atoms with E-state index in [4.69, 9.17) is 0 Å². The highest BCUT2D eigenvalue weighted by molar-refractivity contribution is 14.1. The Morgan fingerprint density at radius 3 is 2.50 bits per heavy atom. The zero-order valence-corrected chi connectivity index (χ0v) is 13.2. The third-order valence-corrected chi connectivity index (χ3v) is 5.27. The van der Waals surface area contributed by atoms with Crippen LogP contribution in [0, 0.1) is 16.4 Å². The number of halogens is 1. The van der Waals surface area contributed by atoms with Gasteiger partial charge in [0.15, 0.2) is 0 Å². The van der Waals surface area contributed by atoms with Crippen LogP contribution in [-0.2, 0) is 0 Å². The van der Waals surface area contributed by atoms with E-state index in [1.54, 1.807) is 0 Å². The first-order valence-electron chi connectivity index (χ1n) is 6.96. The molecule has 2 fully saturated rings. The van der Waals surface area contributed by atoms with E-state index in [9.17, 15) is 0 Å². The molecule has 0 atom stereocenters. The van der Waals surface area contributed by atoms with Crippen LogP contribution in [0.25, 0.3) is 0 Å². The first-order valence-corrected chi connectivity index (χ1v) is 8.04. The molecular weight excluding hydrogens is 335 g/mol. The molecule has 1 aromatic rings. The summed E-state index contributed by atoms with van der Waals surface area (Å²) in [4.78, 5) is 5.18. The maximum absolute atomic E-state index is 2.65. The summed E-state index contributed by atoms with van der Waals surface area (Å²) in [6.07, 6.45) is 2.94. The molecule has 1 aromatic carbocycles.